The molecule has 4 heterocycles. The standard InChI is InChI=1S/C25H29N7O7S2/c1-24(2,3)38-22(37)25(4,5)39-29-15(17-28-23(26)41-30-17)18(33)27-16-19(34)32-11-13(12-40-20(16)32)10-31-8-6-14(7-9-31)21(35)36/h6-9,11,16,20H,10,12H2,1-5H3,(H3-,26,27,28,30,33,35,36)/t16?,20-/m1/s1. The number of amides is 2. The Bertz CT molecular complexity index is 1430. The maximum absolute atomic E-state index is 13.3. The van der Waals surface area contributed by atoms with Crippen LogP contribution in [0.2, 0.25) is 0 Å². The Balaban J connectivity index is 1.44. The Morgan fingerprint density at radius 3 is 2.51 bits per heavy atom. The summed E-state index contributed by atoms with van der Waals surface area (Å²) in [7, 11) is 0. The normalized spacial score (nSPS) is 19.0. The molecule has 16 heteroatoms. The Morgan fingerprint density at radius 1 is 1.24 bits per heavy atom. The number of carboxylic acid groups (broad SMARTS) is 1. The molecule has 1 saturated heterocycles. The molecule has 0 saturated carbocycles. The second-order valence-electron chi connectivity index (χ2n) is 10.7. The Morgan fingerprint density at radius 2 is 1.93 bits per heavy atom. The minimum atomic E-state index is -1.55. The number of aromatic carboxylic acids is 1. The fraction of sp³-hybridized carbons (Fsp3) is 0.440. The van der Waals surface area contributed by atoms with Gasteiger partial charge in [-0.1, -0.05) is 5.16 Å². The molecular formula is C25H29N7O7S2. The molecule has 14 nitrogen and oxygen atoms in total. The molecule has 1 unspecified atom stereocenters. The predicted octanol–water partition coefficient (Wildman–Crippen LogP) is -0.404. The number of hydrogen-bond acceptors (Lipinski definition) is 13. The van der Waals surface area contributed by atoms with E-state index in [1.807, 2.05) is 0 Å². The fourth-order valence-electron chi connectivity index (χ4n) is 3.70. The molecule has 2 amide bonds. The van der Waals surface area contributed by atoms with Gasteiger partial charge in [-0.3, -0.25) is 9.59 Å². The number of pyridine rings is 1. The van der Waals surface area contributed by atoms with E-state index in [4.69, 9.17) is 15.3 Å². The molecule has 2 atom stereocenters. The molecule has 3 N–H and O–H groups in total. The van der Waals surface area contributed by atoms with Crippen LogP contribution in [0.15, 0.2) is 41.5 Å². The van der Waals surface area contributed by atoms with Gasteiger partial charge >= 0.3 is 5.97 Å². The summed E-state index contributed by atoms with van der Waals surface area (Å²) in [5.74, 6) is -2.60. The highest BCUT2D eigenvalue weighted by Gasteiger charge is 2.50. The van der Waals surface area contributed by atoms with Crippen LogP contribution in [0.5, 0.6) is 0 Å². The number of hydrogen-bond donors (Lipinski definition) is 2. The number of fused-ring (bicyclic) bond motifs is 1. The van der Waals surface area contributed by atoms with Crippen LogP contribution in [0.4, 0.5) is 5.13 Å². The number of nitrogens with one attached hydrogen (secondary N) is 1. The summed E-state index contributed by atoms with van der Waals surface area (Å²) < 4.78 is 11.2. The molecular weight excluding hydrogens is 574 g/mol. The van der Waals surface area contributed by atoms with Gasteiger partial charge in [-0.05, 0) is 34.6 Å². The molecule has 0 radical (unpaired) electrons. The number of ether oxygens (including phenoxy) is 1. The number of nitrogens with zero attached hydrogens (tertiary/aromatic N) is 5. The van der Waals surface area contributed by atoms with E-state index in [0.717, 1.165) is 17.1 Å². The summed E-state index contributed by atoms with van der Waals surface area (Å²) in [6.07, 6.45) is 4.97. The molecule has 2 aliphatic rings. The average Bonchev–Trinajstić information content (AvgIpc) is 3.32. The molecule has 218 valence electrons. The van der Waals surface area contributed by atoms with E-state index in [0.29, 0.717) is 12.3 Å². The molecule has 1 fully saturated rings. The third-order valence-corrected chi connectivity index (χ3v) is 7.69. The average molecular weight is 604 g/mol. The van der Waals surface area contributed by atoms with Crippen LogP contribution >= 0.6 is 23.3 Å². The van der Waals surface area contributed by atoms with Gasteiger partial charge in [0, 0.05) is 46.8 Å². The maximum Gasteiger partial charge on any atom is 0.353 e. The van der Waals surface area contributed by atoms with E-state index in [-0.39, 0.29) is 33.5 Å². The largest absolute Gasteiger partial charge is 0.545 e. The number of β-lactam (4-membered cyclic amide) rings is 1. The van der Waals surface area contributed by atoms with E-state index < -0.39 is 35.1 Å². The Labute approximate surface area is 243 Å². The van der Waals surface area contributed by atoms with Crippen molar-refractivity contribution in [3.8, 4) is 0 Å². The van der Waals surface area contributed by atoms with Gasteiger partial charge in [-0.15, -0.1) is 11.8 Å². The van der Waals surface area contributed by atoms with Crippen molar-refractivity contribution in [3.05, 3.63) is 47.7 Å². The predicted molar refractivity (Wildman–Crippen MR) is 146 cm³/mol. The molecule has 0 bridgehead atoms. The molecule has 2 aromatic heterocycles. The SMILES string of the molecule is CC(C)(C)OC(=O)C(C)(C)ON=C(C(=O)NC1C(=O)N2C=C(C[n+]3ccc(C(=O)[O-])cc3)CS[C@H]12)c1nsc(N)n1. The number of esters is 1. The van der Waals surface area contributed by atoms with Crippen molar-refractivity contribution in [3.63, 3.8) is 0 Å². The quantitative estimate of drug-likeness (QED) is 0.124. The smallest absolute Gasteiger partial charge is 0.353 e. The van der Waals surface area contributed by atoms with Gasteiger partial charge in [-0.25, -0.2) is 9.36 Å². The third-order valence-electron chi connectivity index (χ3n) is 5.76. The molecule has 4 rings (SSSR count). The van der Waals surface area contributed by atoms with Gasteiger partial charge in [0.1, 0.15) is 17.0 Å². The minimum Gasteiger partial charge on any atom is -0.545 e. The molecule has 0 aliphatic carbocycles. The summed E-state index contributed by atoms with van der Waals surface area (Å²) in [5, 5.41) is 17.2. The van der Waals surface area contributed by atoms with Gasteiger partial charge in [0.2, 0.25) is 17.1 Å². The van der Waals surface area contributed by atoms with E-state index in [1.54, 1.807) is 43.9 Å². The third kappa shape index (κ3) is 7.00. The summed E-state index contributed by atoms with van der Waals surface area (Å²) in [5.41, 5.74) is 4.03. The van der Waals surface area contributed by atoms with Gasteiger partial charge in [-0.2, -0.15) is 9.36 Å². The zero-order valence-electron chi connectivity index (χ0n) is 22.9. The van der Waals surface area contributed by atoms with Gasteiger partial charge in [0.05, 0.1) is 5.97 Å². The maximum atomic E-state index is 13.3. The molecule has 41 heavy (non-hydrogen) atoms. The van der Waals surface area contributed by atoms with Crippen LogP contribution in [0.25, 0.3) is 0 Å². The van der Waals surface area contributed by atoms with Crippen LogP contribution in [0.1, 0.15) is 50.8 Å². The number of carbonyl (C=O) groups excluding carboxylic acids is 4. The van der Waals surface area contributed by atoms with Crippen LogP contribution in [0, 0.1) is 0 Å². The number of oxime groups is 1. The van der Waals surface area contributed by atoms with Gasteiger partial charge in [0.25, 0.3) is 11.8 Å². The molecule has 0 aromatic carbocycles. The van der Waals surface area contributed by atoms with Crippen LogP contribution in [-0.4, -0.2) is 72.1 Å². The van der Waals surface area contributed by atoms with Crippen molar-refractivity contribution in [2.75, 3.05) is 11.5 Å². The van der Waals surface area contributed by atoms with E-state index in [1.165, 1.54) is 42.6 Å². The monoisotopic (exact) mass is 603 g/mol. The van der Waals surface area contributed by atoms with Crippen molar-refractivity contribution in [2.45, 2.75) is 63.8 Å². The first kappa shape index (κ1) is 29.9. The van der Waals surface area contributed by atoms with Crippen LogP contribution < -0.4 is 20.7 Å². The lowest BCUT2D eigenvalue weighted by atomic mass is 10.1. The van der Waals surface area contributed by atoms with Crippen LogP contribution in [0.3, 0.4) is 0 Å². The van der Waals surface area contributed by atoms with E-state index in [2.05, 4.69) is 19.8 Å². The van der Waals surface area contributed by atoms with Crippen molar-refractivity contribution in [2.24, 2.45) is 5.16 Å². The van der Waals surface area contributed by atoms with Crippen LogP contribution in [-0.2, 0) is 30.5 Å². The first-order chi connectivity index (χ1) is 19.1. The highest BCUT2D eigenvalue weighted by Crippen LogP contribution is 2.36. The zero-order chi connectivity index (χ0) is 30.1. The van der Waals surface area contributed by atoms with E-state index >= 15 is 0 Å². The molecule has 2 aliphatic heterocycles. The Kier molecular flexibility index (Phi) is 8.35. The topological polar surface area (TPSA) is 193 Å². The lowest BCUT2D eigenvalue weighted by molar-refractivity contribution is -0.689. The minimum absolute atomic E-state index is 0.0714. The molecule has 0 spiro atoms. The summed E-state index contributed by atoms with van der Waals surface area (Å²) in [6, 6.07) is 2.04. The number of thioether (sulfide) groups is 1. The highest BCUT2D eigenvalue weighted by molar-refractivity contribution is 8.00. The number of anilines is 1. The summed E-state index contributed by atoms with van der Waals surface area (Å²) >= 11 is 2.31. The number of nitrogens with two attached hydrogens (primary N) is 1. The number of carboxylic acids is 1. The number of rotatable bonds is 9. The first-order valence-electron chi connectivity index (χ1n) is 12.4. The second kappa shape index (κ2) is 11.4. The fourth-order valence-corrected chi connectivity index (χ4v) is 5.39. The van der Waals surface area contributed by atoms with Gasteiger partial charge < -0.3 is 35.4 Å². The zero-order valence-corrected chi connectivity index (χ0v) is 24.6. The number of nitrogen functional groups attached to an aromatic ring is 1. The van der Waals surface area contributed by atoms with Crippen molar-refractivity contribution in [1.29, 1.82) is 0 Å². The number of carbonyl (C=O) groups is 4. The van der Waals surface area contributed by atoms with Crippen molar-refractivity contribution < 1.29 is 38.4 Å². The second-order valence-corrected chi connectivity index (χ2v) is 12.6. The molecule has 2 aromatic rings. The number of aromatic nitrogens is 3. The van der Waals surface area contributed by atoms with Crippen molar-refractivity contribution >= 4 is 57.9 Å². The summed E-state index contributed by atoms with van der Waals surface area (Å²) in [6.45, 7) is 8.46. The Hall–Kier alpha value is -4.05. The van der Waals surface area contributed by atoms with Gasteiger partial charge in [0.15, 0.2) is 24.1 Å². The lowest BCUT2D eigenvalue weighted by Gasteiger charge is -2.47. The highest BCUT2D eigenvalue weighted by atomic mass is 32.2. The lowest BCUT2D eigenvalue weighted by Crippen LogP contribution is -2.69. The van der Waals surface area contributed by atoms with E-state index in [9.17, 15) is 24.3 Å². The first-order valence-corrected chi connectivity index (χ1v) is 14.2. The van der Waals surface area contributed by atoms with Crippen molar-refractivity contribution in [1.82, 2.24) is 19.6 Å². The summed E-state index contributed by atoms with van der Waals surface area (Å²) in [4.78, 5) is 60.7.